The Labute approximate surface area is 177 Å². The molecule has 0 fully saturated rings. The van der Waals surface area contributed by atoms with Gasteiger partial charge in [0.1, 0.15) is 5.75 Å². The number of hydrogen-bond donors (Lipinski definition) is 1. The first-order chi connectivity index (χ1) is 13.6. The number of para-hydroxylation sites is 1. The number of fused-ring (bicyclic) bond motifs is 2. The number of thiocarbonyl (C=S) groups is 1. The summed E-state index contributed by atoms with van der Waals surface area (Å²) in [5, 5.41) is 5.36. The van der Waals surface area contributed by atoms with Crippen molar-refractivity contribution in [1.29, 1.82) is 0 Å². The maximum Gasteiger partial charge on any atom is 0.264 e. The number of hydrogen-bond acceptors (Lipinski definition) is 3. The Bertz CT molecular complexity index is 1050. The topological polar surface area (TPSA) is 41.6 Å². The second-order valence-electron chi connectivity index (χ2n) is 6.62. The van der Waals surface area contributed by atoms with Crippen LogP contribution in [0.3, 0.4) is 0 Å². The first kappa shape index (κ1) is 18.9. The molecule has 0 saturated heterocycles. The monoisotopic (exact) mass is 454 g/mol. The van der Waals surface area contributed by atoms with Gasteiger partial charge in [0.15, 0.2) is 11.7 Å². The predicted molar refractivity (Wildman–Crippen MR) is 120 cm³/mol. The van der Waals surface area contributed by atoms with E-state index in [-0.39, 0.29) is 12.5 Å². The summed E-state index contributed by atoms with van der Waals surface area (Å²) in [6.07, 6.45) is 2.04. The summed E-state index contributed by atoms with van der Waals surface area (Å²) >= 11 is 9.05. The summed E-state index contributed by atoms with van der Waals surface area (Å²) in [4.78, 5) is 14.4. The van der Waals surface area contributed by atoms with Gasteiger partial charge in [0.2, 0.25) is 0 Å². The zero-order valence-corrected chi connectivity index (χ0v) is 17.6. The van der Waals surface area contributed by atoms with Gasteiger partial charge in [-0.25, -0.2) is 0 Å². The van der Waals surface area contributed by atoms with Crippen molar-refractivity contribution >= 4 is 55.6 Å². The lowest BCUT2D eigenvalue weighted by molar-refractivity contribution is -0.121. The maximum atomic E-state index is 12.4. The van der Waals surface area contributed by atoms with Gasteiger partial charge in [-0.05, 0) is 69.5 Å². The molecule has 1 amide bonds. The van der Waals surface area contributed by atoms with Crippen LogP contribution in [0.25, 0.3) is 10.8 Å². The van der Waals surface area contributed by atoms with Crippen LogP contribution < -0.4 is 15.0 Å². The minimum atomic E-state index is -0.270. The molecule has 0 unspecified atom stereocenters. The molecule has 142 valence electrons. The zero-order chi connectivity index (χ0) is 19.5. The van der Waals surface area contributed by atoms with Crippen LogP contribution in [0, 0.1) is 0 Å². The SMILES string of the molecule is O=C(COc1ccc2ccccc2c1Br)NC(=S)N1CCCc2ccccc21. The van der Waals surface area contributed by atoms with Crippen LogP contribution in [-0.2, 0) is 11.2 Å². The molecule has 3 aromatic rings. The molecule has 0 aliphatic carbocycles. The average Bonchev–Trinajstić information content (AvgIpc) is 2.73. The number of rotatable bonds is 3. The van der Waals surface area contributed by atoms with Crippen molar-refractivity contribution < 1.29 is 9.53 Å². The number of amides is 1. The lowest BCUT2D eigenvalue weighted by atomic mass is 10.0. The largest absolute Gasteiger partial charge is 0.483 e. The molecule has 1 aliphatic heterocycles. The quantitative estimate of drug-likeness (QED) is 0.575. The lowest BCUT2D eigenvalue weighted by Crippen LogP contribution is -2.46. The molecule has 4 nitrogen and oxygen atoms in total. The lowest BCUT2D eigenvalue weighted by Gasteiger charge is -2.31. The number of carbonyl (C=O) groups excluding carboxylic acids is 1. The van der Waals surface area contributed by atoms with Crippen LogP contribution in [0.2, 0.25) is 0 Å². The minimum absolute atomic E-state index is 0.105. The van der Waals surface area contributed by atoms with Gasteiger partial charge in [0.25, 0.3) is 5.91 Å². The van der Waals surface area contributed by atoms with Crippen molar-refractivity contribution in [2.24, 2.45) is 0 Å². The molecule has 1 N–H and O–H groups in total. The Balaban J connectivity index is 1.40. The van der Waals surface area contributed by atoms with E-state index in [0.29, 0.717) is 10.9 Å². The molecule has 0 radical (unpaired) electrons. The number of carbonyl (C=O) groups is 1. The van der Waals surface area contributed by atoms with Crippen LogP contribution in [0.15, 0.2) is 65.1 Å². The van der Waals surface area contributed by atoms with E-state index in [9.17, 15) is 4.79 Å². The van der Waals surface area contributed by atoms with Crippen molar-refractivity contribution in [1.82, 2.24) is 5.32 Å². The fourth-order valence-corrected chi connectivity index (χ4v) is 4.35. The van der Waals surface area contributed by atoms with Gasteiger partial charge < -0.3 is 9.64 Å². The van der Waals surface area contributed by atoms with E-state index < -0.39 is 0 Å². The number of benzene rings is 3. The molecular weight excluding hydrogens is 436 g/mol. The molecule has 0 atom stereocenters. The second kappa shape index (κ2) is 8.29. The fraction of sp³-hybridized carbons (Fsp3) is 0.182. The Kier molecular flexibility index (Phi) is 5.59. The summed E-state index contributed by atoms with van der Waals surface area (Å²) in [7, 11) is 0. The van der Waals surface area contributed by atoms with E-state index in [4.69, 9.17) is 17.0 Å². The summed E-state index contributed by atoms with van der Waals surface area (Å²) in [6, 6.07) is 20.0. The van der Waals surface area contributed by atoms with E-state index in [1.165, 1.54) is 5.56 Å². The van der Waals surface area contributed by atoms with Crippen molar-refractivity contribution in [2.75, 3.05) is 18.1 Å². The first-order valence-corrected chi connectivity index (χ1v) is 10.3. The third kappa shape index (κ3) is 3.88. The Morgan fingerprint density at radius 2 is 1.89 bits per heavy atom. The molecule has 3 aromatic carbocycles. The number of nitrogens with one attached hydrogen (secondary N) is 1. The molecule has 6 heteroatoms. The Morgan fingerprint density at radius 3 is 2.79 bits per heavy atom. The van der Waals surface area contributed by atoms with Gasteiger partial charge in [-0.2, -0.15) is 0 Å². The Morgan fingerprint density at radius 1 is 1.11 bits per heavy atom. The standard InChI is InChI=1S/C22H19BrN2O2S/c23-21-17-9-3-1-6-15(17)11-12-19(21)27-14-20(26)24-22(28)25-13-5-8-16-7-2-4-10-18(16)25/h1-4,6-7,9-12H,5,8,13-14H2,(H,24,26,28). The van der Waals surface area contributed by atoms with Gasteiger partial charge in [-0.15, -0.1) is 0 Å². The van der Waals surface area contributed by atoms with E-state index >= 15 is 0 Å². The van der Waals surface area contributed by atoms with Gasteiger partial charge >= 0.3 is 0 Å². The van der Waals surface area contributed by atoms with Gasteiger partial charge in [-0.1, -0.05) is 48.5 Å². The maximum absolute atomic E-state index is 12.4. The van der Waals surface area contributed by atoms with Crippen molar-refractivity contribution in [3.8, 4) is 5.75 Å². The van der Waals surface area contributed by atoms with Crippen LogP contribution in [-0.4, -0.2) is 24.2 Å². The fourth-order valence-electron chi connectivity index (χ4n) is 3.44. The molecule has 4 rings (SSSR count). The number of halogens is 1. The van der Waals surface area contributed by atoms with Crippen molar-refractivity contribution in [2.45, 2.75) is 12.8 Å². The molecule has 1 aliphatic rings. The third-order valence-corrected chi connectivity index (χ3v) is 5.93. The molecule has 0 aromatic heterocycles. The highest BCUT2D eigenvalue weighted by molar-refractivity contribution is 9.10. The average molecular weight is 455 g/mol. The number of aryl methyl sites for hydroxylation is 1. The normalized spacial score (nSPS) is 13.1. The minimum Gasteiger partial charge on any atom is -0.483 e. The highest BCUT2D eigenvalue weighted by Gasteiger charge is 2.21. The van der Waals surface area contributed by atoms with E-state index in [1.807, 2.05) is 59.5 Å². The highest BCUT2D eigenvalue weighted by Crippen LogP contribution is 2.33. The number of nitrogens with zero attached hydrogens (tertiary/aromatic N) is 1. The van der Waals surface area contributed by atoms with Crippen LogP contribution in [0.4, 0.5) is 5.69 Å². The van der Waals surface area contributed by atoms with Gasteiger partial charge in [0.05, 0.1) is 4.47 Å². The van der Waals surface area contributed by atoms with Crippen LogP contribution in [0.5, 0.6) is 5.75 Å². The van der Waals surface area contributed by atoms with Crippen molar-refractivity contribution in [3.63, 3.8) is 0 Å². The van der Waals surface area contributed by atoms with Crippen molar-refractivity contribution in [3.05, 3.63) is 70.7 Å². The summed E-state index contributed by atoms with van der Waals surface area (Å²) in [5.41, 5.74) is 2.32. The third-order valence-electron chi connectivity index (χ3n) is 4.79. The number of ether oxygens (including phenoxy) is 1. The first-order valence-electron chi connectivity index (χ1n) is 9.13. The molecule has 1 heterocycles. The summed E-state index contributed by atoms with van der Waals surface area (Å²) in [6.45, 7) is 0.694. The Hall–Kier alpha value is -2.44. The van der Waals surface area contributed by atoms with Gasteiger partial charge in [0, 0.05) is 12.2 Å². The summed E-state index contributed by atoms with van der Waals surface area (Å²) in [5.74, 6) is 0.358. The molecule has 0 spiro atoms. The summed E-state index contributed by atoms with van der Waals surface area (Å²) < 4.78 is 6.57. The van der Waals surface area contributed by atoms with E-state index in [2.05, 4.69) is 27.3 Å². The van der Waals surface area contributed by atoms with Crippen LogP contribution >= 0.6 is 28.1 Å². The highest BCUT2D eigenvalue weighted by atomic mass is 79.9. The molecular formula is C22H19BrN2O2S. The van der Waals surface area contributed by atoms with Crippen LogP contribution in [0.1, 0.15) is 12.0 Å². The number of anilines is 1. The second-order valence-corrected chi connectivity index (χ2v) is 7.80. The van der Waals surface area contributed by atoms with E-state index in [0.717, 1.165) is 40.3 Å². The molecule has 28 heavy (non-hydrogen) atoms. The van der Waals surface area contributed by atoms with Gasteiger partial charge in [-0.3, -0.25) is 10.1 Å². The zero-order valence-electron chi connectivity index (χ0n) is 15.2. The molecule has 0 bridgehead atoms. The predicted octanol–water partition coefficient (Wildman–Crippen LogP) is 4.84. The smallest absolute Gasteiger partial charge is 0.264 e. The molecule has 0 saturated carbocycles. The van der Waals surface area contributed by atoms with E-state index in [1.54, 1.807) is 0 Å².